The van der Waals surface area contributed by atoms with Gasteiger partial charge < -0.3 is 10.2 Å². The highest BCUT2D eigenvalue weighted by Gasteiger charge is 2.50. The second-order valence-corrected chi connectivity index (χ2v) is 7.60. The number of aromatic nitrogens is 2. The van der Waals surface area contributed by atoms with Gasteiger partial charge in [0.15, 0.2) is 0 Å². The van der Waals surface area contributed by atoms with E-state index in [9.17, 15) is 9.59 Å². The molecular weight excluding hydrogens is 376 g/mol. The Morgan fingerprint density at radius 1 is 1.07 bits per heavy atom. The molecule has 1 atom stereocenters. The molecule has 0 unspecified atom stereocenters. The Bertz CT molecular complexity index is 1040. The summed E-state index contributed by atoms with van der Waals surface area (Å²) in [5, 5.41) is 2.96. The molecule has 1 N–H and O–H groups in total. The van der Waals surface area contributed by atoms with E-state index < -0.39 is 5.41 Å². The number of fused-ring (bicyclic) bond motifs is 1. The Hall–Kier alpha value is -3.54. The molecule has 0 aliphatic carbocycles. The summed E-state index contributed by atoms with van der Waals surface area (Å²) in [7, 11) is 1.78. The average Bonchev–Trinajstić information content (AvgIpc) is 2.97. The second kappa shape index (κ2) is 8.45. The number of likely N-dealkylation sites (N-methyl/N-ethyl adjacent to an activating group) is 1. The minimum absolute atomic E-state index is 0.0448. The van der Waals surface area contributed by atoms with Crippen LogP contribution in [0.4, 0.5) is 5.69 Å². The Labute approximate surface area is 176 Å². The minimum atomic E-state index is -0.913. The van der Waals surface area contributed by atoms with Gasteiger partial charge in [0.25, 0.3) is 0 Å². The molecule has 4 rings (SSSR count). The molecule has 30 heavy (non-hydrogen) atoms. The summed E-state index contributed by atoms with van der Waals surface area (Å²) in [6, 6.07) is 17.6. The van der Waals surface area contributed by atoms with E-state index in [0.29, 0.717) is 19.4 Å². The third kappa shape index (κ3) is 3.81. The zero-order valence-corrected chi connectivity index (χ0v) is 16.9. The maximum atomic E-state index is 13.4. The largest absolute Gasteiger partial charge is 0.356 e. The second-order valence-electron chi connectivity index (χ2n) is 7.60. The number of nitrogens with zero attached hydrogens (tertiary/aromatic N) is 3. The van der Waals surface area contributed by atoms with Crippen LogP contribution in [0.25, 0.3) is 0 Å². The highest BCUT2D eigenvalue weighted by molar-refractivity contribution is 6.09. The van der Waals surface area contributed by atoms with Gasteiger partial charge in [-0.25, -0.2) is 0 Å². The third-order valence-electron chi connectivity index (χ3n) is 5.63. The fourth-order valence-electron chi connectivity index (χ4n) is 4.19. The quantitative estimate of drug-likeness (QED) is 0.662. The predicted octanol–water partition coefficient (Wildman–Crippen LogP) is 2.68. The molecular formula is C24H24N4O2. The van der Waals surface area contributed by atoms with E-state index in [4.69, 9.17) is 0 Å². The molecule has 2 aromatic carbocycles. The molecule has 6 nitrogen and oxygen atoms in total. The smallest absolute Gasteiger partial charge is 0.238 e. The fourth-order valence-corrected chi connectivity index (χ4v) is 4.19. The summed E-state index contributed by atoms with van der Waals surface area (Å²) < 4.78 is 0. The Balaban J connectivity index is 1.57. The molecule has 152 valence electrons. The number of amides is 2. The minimum Gasteiger partial charge on any atom is -0.356 e. The van der Waals surface area contributed by atoms with Crippen LogP contribution < -0.4 is 10.2 Å². The standard InChI is InChI=1S/C24H24N4O2/c1-28-21-10-6-5-9-20(21)24(23(28)30,15-18-7-3-2-4-8-18)16-22(29)27-12-11-19-17-25-13-14-26-19/h2-10,13-14,17H,11-12,15-16H2,1H3,(H,27,29)/t24-/m1/s1. The van der Waals surface area contributed by atoms with E-state index in [0.717, 1.165) is 22.5 Å². The number of anilines is 1. The van der Waals surface area contributed by atoms with Crippen LogP contribution in [-0.4, -0.2) is 35.4 Å². The number of hydrogen-bond donors (Lipinski definition) is 1. The number of hydrogen-bond acceptors (Lipinski definition) is 4. The summed E-state index contributed by atoms with van der Waals surface area (Å²) in [6.45, 7) is 0.449. The van der Waals surface area contributed by atoms with Crippen molar-refractivity contribution in [2.45, 2.75) is 24.7 Å². The molecule has 3 aromatic rings. The molecule has 0 spiro atoms. The fraction of sp³-hybridized carbons (Fsp3) is 0.250. The molecule has 1 aromatic heterocycles. The summed E-state index contributed by atoms with van der Waals surface area (Å²) in [5.74, 6) is -0.190. The van der Waals surface area contributed by atoms with E-state index in [1.54, 1.807) is 30.5 Å². The topological polar surface area (TPSA) is 75.2 Å². The van der Waals surface area contributed by atoms with Gasteiger partial charge in [0.05, 0.1) is 11.1 Å². The number of carbonyl (C=O) groups is 2. The summed E-state index contributed by atoms with van der Waals surface area (Å²) in [5.41, 5.74) is 2.71. The van der Waals surface area contributed by atoms with Gasteiger partial charge in [0.2, 0.25) is 11.8 Å². The molecule has 6 heteroatoms. The van der Waals surface area contributed by atoms with Crippen molar-refractivity contribution in [2.75, 3.05) is 18.5 Å². The van der Waals surface area contributed by atoms with Crippen LogP contribution in [0.5, 0.6) is 0 Å². The molecule has 1 aliphatic heterocycles. The van der Waals surface area contributed by atoms with Crippen LogP contribution in [0.15, 0.2) is 73.2 Å². The van der Waals surface area contributed by atoms with E-state index in [1.165, 1.54) is 0 Å². The van der Waals surface area contributed by atoms with Gasteiger partial charge >= 0.3 is 0 Å². The number of carbonyl (C=O) groups excluding carboxylic acids is 2. The Kier molecular flexibility index (Phi) is 5.57. The summed E-state index contributed by atoms with van der Waals surface area (Å²) >= 11 is 0. The van der Waals surface area contributed by atoms with Crippen molar-refractivity contribution in [3.05, 3.63) is 90.0 Å². The van der Waals surface area contributed by atoms with Crippen molar-refractivity contribution < 1.29 is 9.59 Å². The number of para-hydroxylation sites is 1. The molecule has 0 radical (unpaired) electrons. The lowest BCUT2D eigenvalue weighted by molar-refractivity contribution is -0.129. The van der Waals surface area contributed by atoms with Crippen molar-refractivity contribution >= 4 is 17.5 Å². The highest BCUT2D eigenvalue weighted by atomic mass is 16.2. The first-order chi connectivity index (χ1) is 14.6. The number of benzene rings is 2. The lowest BCUT2D eigenvalue weighted by atomic mass is 9.73. The molecule has 0 fully saturated rings. The van der Waals surface area contributed by atoms with Crippen molar-refractivity contribution in [3.8, 4) is 0 Å². The number of rotatable bonds is 7. The zero-order valence-electron chi connectivity index (χ0n) is 16.9. The third-order valence-corrected chi connectivity index (χ3v) is 5.63. The van der Waals surface area contributed by atoms with Crippen molar-refractivity contribution in [1.82, 2.24) is 15.3 Å². The van der Waals surface area contributed by atoms with E-state index >= 15 is 0 Å². The van der Waals surface area contributed by atoms with Gasteiger partial charge in [0.1, 0.15) is 0 Å². The van der Waals surface area contributed by atoms with E-state index in [2.05, 4.69) is 15.3 Å². The SMILES string of the molecule is CN1C(=O)[C@@](CC(=O)NCCc2cnccn2)(Cc2ccccc2)c2ccccc21. The van der Waals surface area contributed by atoms with Gasteiger partial charge in [0, 0.05) is 50.7 Å². The summed E-state index contributed by atoms with van der Waals surface area (Å²) in [4.78, 5) is 36.3. The van der Waals surface area contributed by atoms with E-state index in [-0.39, 0.29) is 18.2 Å². The monoisotopic (exact) mass is 400 g/mol. The van der Waals surface area contributed by atoms with Crippen LogP contribution in [0, 0.1) is 0 Å². The Morgan fingerprint density at radius 2 is 1.83 bits per heavy atom. The first-order valence-electron chi connectivity index (χ1n) is 10.0. The zero-order chi connectivity index (χ0) is 21.0. The molecule has 0 saturated heterocycles. The molecule has 1 aliphatic rings. The van der Waals surface area contributed by atoms with Crippen molar-refractivity contribution in [1.29, 1.82) is 0 Å². The normalized spacial score (nSPS) is 17.6. The van der Waals surface area contributed by atoms with Crippen LogP contribution in [0.3, 0.4) is 0 Å². The van der Waals surface area contributed by atoms with E-state index in [1.807, 2.05) is 54.6 Å². The Morgan fingerprint density at radius 3 is 2.60 bits per heavy atom. The van der Waals surface area contributed by atoms with Gasteiger partial charge in [-0.05, 0) is 23.6 Å². The molecule has 0 bridgehead atoms. The van der Waals surface area contributed by atoms with Crippen LogP contribution >= 0.6 is 0 Å². The van der Waals surface area contributed by atoms with Gasteiger partial charge in [-0.3, -0.25) is 19.6 Å². The van der Waals surface area contributed by atoms with Gasteiger partial charge in [-0.2, -0.15) is 0 Å². The lowest BCUT2D eigenvalue weighted by Gasteiger charge is -2.28. The number of nitrogens with one attached hydrogen (secondary N) is 1. The average molecular weight is 400 g/mol. The van der Waals surface area contributed by atoms with Crippen LogP contribution in [0.1, 0.15) is 23.2 Å². The van der Waals surface area contributed by atoms with Gasteiger partial charge in [-0.15, -0.1) is 0 Å². The van der Waals surface area contributed by atoms with Crippen LogP contribution in [0.2, 0.25) is 0 Å². The van der Waals surface area contributed by atoms with Crippen molar-refractivity contribution in [3.63, 3.8) is 0 Å². The maximum absolute atomic E-state index is 13.4. The highest BCUT2D eigenvalue weighted by Crippen LogP contribution is 2.45. The first kappa shape index (κ1) is 19.8. The predicted molar refractivity (Wildman–Crippen MR) is 115 cm³/mol. The maximum Gasteiger partial charge on any atom is 0.238 e. The molecule has 2 amide bonds. The molecule has 0 saturated carbocycles. The first-order valence-corrected chi connectivity index (χ1v) is 10.0. The van der Waals surface area contributed by atoms with Gasteiger partial charge in [-0.1, -0.05) is 48.5 Å². The summed E-state index contributed by atoms with van der Waals surface area (Å²) in [6.07, 6.45) is 6.11. The molecule has 2 heterocycles. The van der Waals surface area contributed by atoms with Crippen LogP contribution in [-0.2, 0) is 27.8 Å². The van der Waals surface area contributed by atoms with Crippen molar-refractivity contribution in [2.24, 2.45) is 0 Å². The lowest BCUT2D eigenvalue weighted by Crippen LogP contribution is -2.44.